The monoisotopic (exact) mass is 559 g/mol. The molecule has 1 N–H and O–H groups in total. The third kappa shape index (κ3) is 8.60. The first-order valence-electron chi connectivity index (χ1n) is 13.8. The highest BCUT2D eigenvalue weighted by Gasteiger charge is 2.60. The van der Waals surface area contributed by atoms with Gasteiger partial charge in [0.25, 0.3) is 0 Å². The number of aromatic amines is 1. The van der Waals surface area contributed by atoms with E-state index in [9.17, 15) is 18.0 Å². The van der Waals surface area contributed by atoms with Gasteiger partial charge in [0.15, 0.2) is 0 Å². The molecule has 2 heterocycles. The summed E-state index contributed by atoms with van der Waals surface area (Å²) in [6.45, 7) is 21.8. The molecule has 220 valence electrons. The van der Waals surface area contributed by atoms with Crippen LogP contribution in [0.25, 0.3) is 6.08 Å². The molecule has 1 aliphatic heterocycles. The Morgan fingerprint density at radius 3 is 2.52 bits per heavy atom. The summed E-state index contributed by atoms with van der Waals surface area (Å²) in [7, 11) is 0. The first-order chi connectivity index (χ1) is 18.8. The number of amides is 1. The Morgan fingerprint density at radius 2 is 2.02 bits per heavy atom. The molecule has 1 aromatic rings. The number of nitrogens with zero attached hydrogens (tertiary/aromatic N) is 2. The van der Waals surface area contributed by atoms with E-state index in [1.54, 1.807) is 19.2 Å². The normalized spacial score (nSPS) is 23.4. The quantitative estimate of drug-likeness (QED) is 0.168. The van der Waals surface area contributed by atoms with E-state index in [2.05, 4.69) is 29.9 Å². The lowest BCUT2D eigenvalue weighted by Crippen LogP contribution is -2.48. The minimum Gasteiger partial charge on any atom is -0.491 e. The van der Waals surface area contributed by atoms with Crippen LogP contribution in [0.15, 0.2) is 72.8 Å². The second-order valence-corrected chi connectivity index (χ2v) is 10.9. The largest absolute Gasteiger partial charge is 0.491 e. The summed E-state index contributed by atoms with van der Waals surface area (Å²) in [6, 6.07) is 0. The molecule has 1 spiro atoms. The summed E-state index contributed by atoms with van der Waals surface area (Å²) in [5.41, 5.74) is 4.38. The molecular formula is C32H44F3N3O2. The number of halogens is 3. The summed E-state index contributed by atoms with van der Waals surface area (Å²) in [5.74, 6) is 0.484. The molecule has 1 amide bonds. The van der Waals surface area contributed by atoms with Crippen LogP contribution in [0.1, 0.15) is 77.5 Å². The smallest absolute Gasteiger partial charge is 0.389 e. The van der Waals surface area contributed by atoms with E-state index in [1.165, 1.54) is 0 Å². The van der Waals surface area contributed by atoms with Crippen LogP contribution in [0.4, 0.5) is 13.2 Å². The number of carbonyl (C=O) groups excluding carboxylic acids is 1. The van der Waals surface area contributed by atoms with Gasteiger partial charge in [0, 0.05) is 31.5 Å². The van der Waals surface area contributed by atoms with E-state index in [4.69, 9.17) is 4.74 Å². The fourth-order valence-electron chi connectivity index (χ4n) is 5.22. The van der Waals surface area contributed by atoms with Gasteiger partial charge in [0.2, 0.25) is 5.91 Å². The number of carbonyl (C=O) groups is 1. The van der Waals surface area contributed by atoms with E-state index in [0.717, 1.165) is 40.9 Å². The van der Waals surface area contributed by atoms with Crippen LogP contribution in [-0.4, -0.2) is 39.8 Å². The predicted molar refractivity (Wildman–Crippen MR) is 156 cm³/mol. The lowest BCUT2D eigenvalue weighted by molar-refractivity contribution is -0.145. The fraction of sp³-hybridized carbons (Fsp3) is 0.500. The van der Waals surface area contributed by atoms with Crippen molar-refractivity contribution in [3.63, 3.8) is 0 Å². The molecule has 0 radical (unpaired) electrons. The molecule has 8 heteroatoms. The zero-order valence-corrected chi connectivity index (χ0v) is 24.5. The van der Waals surface area contributed by atoms with E-state index in [0.29, 0.717) is 31.6 Å². The Bertz CT molecular complexity index is 1150. The van der Waals surface area contributed by atoms with Crippen LogP contribution in [0, 0.1) is 18.3 Å². The molecule has 1 saturated carbocycles. The second-order valence-electron chi connectivity index (χ2n) is 10.9. The molecular weight excluding hydrogens is 515 g/mol. The average Bonchev–Trinajstić information content (AvgIpc) is 3.34. The number of rotatable bonds is 11. The van der Waals surface area contributed by atoms with Gasteiger partial charge in [-0.3, -0.25) is 9.89 Å². The second kappa shape index (κ2) is 14.4. The maximum absolute atomic E-state index is 13.3. The number of ether oxygens (including phenoxy) is 1. The van der Waals surface area contributed by atoms with Gasteiger partial charge in [-0.2, -0.15) is 18.3 Å². The van der Waals surface area contributed by atoms with E-state index in [1.807, 2.05) is 56.9 Å². The van der Waals surface area contributed by atoms with Gasteiger partial charge in [-0.05, 0) is 56.1 Å². The minimum atomic E-state index is -3.98. The Balaban J connectivity index is 0.000000432. The van der Waals surface area contributed by atoms with E-state index >= 15 is 0 Å². The number of H-pyrrole nitrogens is 1. The van der Waals surface area contributed by atoms with Gasteiger partial charge in [-0.25, -0.2) is 0 Å². The minimum absolute atomic E-state index is 0.0383. The Kier molecular flexibility index (Phi) is 11.8. The van der Waals surface area contributed by atoms with Crippen molar-refractivity contribution in [2.75, 3.05) is 6.54 Å². The van der Waals surface area contributed by atoms with Crippen LogP contribution in [0.5, 0.6) is 0 Å². The highest BCUT2D eigenvalue weighted by atomic mass is 19.4. The highest BCUT2D eigenvalue weighted by Crippen LogP contribution is 2.57. The SMILES string of the molecule is C=C/C=C1\C(=C/C)C2(CC(OC(=C)/C=C\c3[nH]ncc3C)C2)C(=O)N1CC(=C)C.CCCCC(C)CC(F)(F)F. The number of alkyl halides is 3. The molecule has 5 nitrogen and oxygen atoms in total. The van der Waals surface area contributed by atoms with Crippen molar-refractivity contribution < 1.29 is 22.7 Å². The van der Waals surface area contributed by atoms with Crippen molar-refractivity contribution in [3.05, 3.63) is 84.1 Å². The van der Waals surface area contributed by atoms with Crippen LogP contribution < -0.4 is 0 Å². The number of hydrogen-bond donors (Lipinski definition) is 1. The number of allylic oxidation sites excluding steroid dienone is 5. The molecule has 1 saturated heterocycles. The third-order valence-corrected chi connectivity index (χ3v) is 7.13. The van der Waals surface area contributed by atoms with Crippen LogP contribution in [-0.2, 0) is 9.53 Å². The number of hydrogen-bond acceptors (Lipinski definition) is 3. The first kappa shape index (κ1) is 32.9. The summed E-state index contributed by atoms with van der Waals surface area (Å²) >= 11 is 0. The number of nitrogens with one attached hydrogen (secondary N) is 1. The lowest BCUT2D eigenvalue weighted by atomic mass is 9.62. The van der Waals surface area contributed by atoms with E-state index in [-0.39, 0.29) is 17.9 Å². The van der Waals surface area contributed by atoms with Crippen molar-refractivity contribution in [3.8, 4) is 0 Å². The van der Waals surface area contributed by atoms with Crippen LogP contribution in [0.3, 0.4) is 0 Å². The Hall–Kier alpha value is -3.29. The molecule has 40 heavy (non-hydrogen) atoms. The van der Waals surface area contributed by atoms with Crippen molar-refractivity contribution in [1.29, 1.82) is 0 Å². The molecule has 2 aliphatic rings. The number of aromatic nitrogens is 2. The van der Waals surface area contributed by atoms with Crippen LogP contribution >= 0.6 is 0 Å². The average molecular weight is 560 g/mol. The first-order valence-corrected chi connectivity index (χ1v) is 13.8. The van der Waals surface area contributed by atoms with Crippen molar-refractivity contribution in [1.82, 2.24) is 15.1 Å². The van der Waals surface area contributed by atoms with Gasteiger partial charge < -0.3 is 9.64 Å². The number of likely N-dealkylation sites (tertiary alicyclic amines) is 1. The van der Waals surface area contributed by atoms with Gasteiger partial charge in [-0.1, -0.05) is 70.6 Å². The summed E-state index contributed by atoms with van der Waals surface area (Å²) in [4.78, 5) is 15.1. The zero-order chi connectivity index (χ0) is 30.1. The molecule has 0 aromatic carbocycles. The Morgan fingerprint density at radius 1 is 1.35 bits per heavy atom. The van der Waals surface area contributed by atoms with E-state index < -0.39 is 18.0 Å². The fourth-order valence-corrected chi connectivity index (χ4v) is 5.22. The number of unbranched alkanes of at least 4 members (excludes halogenated alkanes) is 1. The lowest BCUT2D eigenvalue weighted by Gasteiger charge is -2.43. The molecule has 3 rings (SSSR count). The maximum atomic E-state index is 13.3. The molecule has 0 bridgehead atoms. The summed E-state index contributed by atoms with van der Waals surface area (Å²) < 4.78 is 41.2. The maximum Gasteiger partial charge on any atom is 0.389 e. The van der Waals surface area contributed by atoms with Gasteiger partial charge >= 0.3 is 6.18 Å². The topological polar surface area (TPSA) is 58.2 Å². The third-order valence-electron chi connectivity index (χ3n) is 7.13. The van der Waals surface area contributed by atoms with Crippen LogP contribution in [0.2, 0.25) is 0 Å². The molecule has 1 aliphatic carbocycles. The molecule has 1 unspecified atom stereocenters. The van der Waals surface area contributed by atoms with Crippen molar-refractivity contribution in [2.45, 2.75) is 85.4 Å². The van der Waals surface area contributed by atoms with Crippen molar-refractivity contribution >= 4 is 12.0 Å². The number of aryl methyl sites for hydroxylation is 1. The summed E-state index contributed by atoms with van der Waals surface area (Å²) in [5, 5.41) is 6.92. The molecule has 2 fully saturated rings. The highest BCUT2D eigenvalue weighted by molar-refractivity contribution is 5.95. The van der Waals surface area contributed by atoms with Gasteiger partial charge in [0.05, 0.1) is 17.3 Å². The van der Waals surface area contributed by atoms with Crippen molar-refractivity contribution in [2.24, 2.45) is 11.3 Å². The zero-order valence-electron chi connectivity index (χ0n) is 24.5. The predicted octanol–water partition coefficient (Wildman–Crippen LogP) is 8.61. The molecule has 1 aromatic heterocycles. The summed E-state index contributed by atoms with van der Waals surface area (Å²) in [6.07, 6.45) is 10.4. The van der Waals surface area contributed by atoms with Gasteiger partial charge in [0.1, 0.15) is 11.9 Å². The standard InChI is InChI=1S/C24H29N3O2.C8H15F3/c1-7-9-22-20(8-2)24(23(28)27(22)15-16(3)4)12-19(13-24)29-18(6)10-11-21-17(5)14-25-26-21;1-3-4-5-7(2)6-8(9,10)11/h7-11,14,19H,1,3,6,12-13,15H2,2,4-5H3,(H,25,26);7H,3-6H2,1-2H3/b11-10-,20-8+,22-9+;. The Labute approximate surface area is 237 Å². The van der Waals surface area contributed by atoms with Gasteiger partial charge in [-0.15, -0.1) is 0 Å². The molecule has 1 atom stereocenters.